The van der Waals surface area contributed by atoms with E-state index in [-0.39, 0.29) is 0 Å². The summed E-state index contributed by atoms with van der Waals surface area (Å²) >= 11 is 3.55. The van der Waals surface area contributed by atoms with E-state index in [0.29, 0.717) is 0 Å². The molecule has 2 N–H and O–H groups in total. The summed E-state index contributed by atoms with van der Waals surface area (Å²) in [6, 6.07) is 6.36. The molecule has 0 aliphatic heterocycles. The number of hydrogen-bond donors (Lipinski definition) is 2. The Morgan fingerprint density at radius 3 is 2.69 bits per heavy atom. The summed E-state index contributed by atoms with van der Waals surface area (Å²) in [4.78, 5) is 0. The number of nitrogens with one attached hydrogen (secondary N) is 2. The predicted molar refractivity (Wildman–Crippen MR) is 73.7 cm³/mol. The lowest BCUT2D eigenvalue weighted by atomic mass is 10.1. The Morgan fingerprint density at radius 1 is 1.19 bits per heavy atom. The van der Waals surface area contributed by atoms with Crippen LogP contribution >= 0.6 is 15.9 Å². The van der Waals surface area contributed by atoms with Crippen LogP contribution in [0, 0.1) is 6.92 Å². The van der Waals surface area contributed by atoms with E-state index in [1.54, 1.807) is 0 Å². The average molecular weight is 285 g/mol. The van der Waals surface area contributed by atoms with E-state index in [0.717, 1.165) is 26.2 Å². The number of hydrogen-bond acceptors (Lipinski definition) is 2. The molecule has 0 fully saturated rings. The van der Waals surface area contributed by atoms with Crippen LogP contribution in [-0.4, -0.2) is 19.6 Å². The second kappa shape index (κ2) is 7.82. The first-order valence-electron chi connectivity index (χ1n) is 5.91. The van der Waals surface area contributed by atoms with Gasteiger partial charge in [-0.2, -0.15) is 0 Å². The molecule has 1 aromatic rings. The molecule has 90 valence electrons. The molecule has 16 heavy (non-hydrogen) atoms. The van der Waals surface area contributed by atoms with Crippen LogP contribution in [0.1, 0.15) is 24.5 Å². The lowest BCUT2D eigenvalue weighted by Gasteiger charge is -2.09. The fourth-order valence-electron chi connectivity index (χ4n) is 1.58. The van der Waals surface area contributed by atoms with Crippen LogP contribution in [0.5, 0.6) is 0 Å². The second-order valence-electron chi connectivity index (χ2n) is 3.91. The van der Waals surface area contributed by atoms with Crippen molar-refractivity contribution >= 4 is 15.9 Å². The predicted octanol–water partition coefficient (Wildman–Crippen LogP) is 2.85. The highest BCUT2D eigenvalue weighted by Crippen LogP contribution is 2.18. The summed E-state index contributed by atoms with van der Waals surface area (Å²) < 4.78 is 1.19. The molecule has 0 unspecified atom stereocenters. The van der Waals surface area contributed by atoms with Crippen molar-refractivity contribution in [2.45, 2.75) is 26.8 Å². The lowest BCUT2D eigenvalue weighted by molar-refractivity contribution is 0.605. The quantitative estimate of drug-likeness (QED) is 0.753. The van der Waals surface area contributed by atoms with Crippen LogP contribution in [0.4, 0.5) is 0 Å². The molecule has 0 heterocycles. The Kier molecular flexibility index (Phi) is 6.69. The number of rotatable bonds is 7. The van der Waals surface area contributed by atoms with Gasteiger partial charge in [-0.1, -0.05) is 35.0 Å². The van der Waals surface area contributed by atoms with Gasteiger partial charge in [-0.3, -0.25) is 0 Å². The molecule has 0 aliphatic rings. The van der Waals surface area contributed by atoms with Gasteiger partial charge in [0.2, 0.25) is 0 Å². The highest BCUT2D eigenvalue weighted by molar-refractivity contribution is 9.10. The maximum atomic E-state index is 3.55. The van der Waals surface area contributed by atoms with Crippen LogP contribution < -0.4 is 10.6 Å². The molecular weight excluding hydrogens is 264 g/mol. The van der Waals surface area contributed by atoms with Gasteiger partial charge in [0.25, 0.3) is 0 Å². The normalized spacial score (nSPS) is 10.7. The molecule has 0 spiro atoms. The summed E-state index contributed by atoms with van der Waals surface area (Å²) in [5, 5.41) is 6.79. The van der Waals surface area contributed by atoms with Gasteiger partial charge in [-0.25, -0.2) is 0 Å². The summed E-state index contributed by atoms with van der Waals surface area (Å²) in [6.07, 6.45) is 1.18. The highest BCUT2D eigenvalue weighted by atomic mass is 79.9. The van der Waals surface area contributed by atoms with E-state index in [9.17, 15) is 0 Å². The van der Waals surface area contributed by atoms with Gasteiger partial charge in [-0.05, 0) is 50.2 Å². The average Bonchev–Trinajstić information content (AvgIpc) is 2.29. The van der Waals surface area contributed by atoms with Gasteiger partial charge >= 0.3 is 0 Å². The molecule has 0 bridgehead atoms. The first kappa shape index (κ1) is 13.7. The van der Waals surface area contributed by atoms with Gasteiger partial charge in [-0.15, -0.1) is 0 Å². The first-order valence-corrected chi connectivity index (χ1v) is 6.70. The molecule has 0 aliphatic carbocycles. The molecule has 0 saturated heterocycles. The van der Waals surface area contributed by atoms with E-state index in [2.05, 4.69) is 58.6 Å². The molecule has 1 aromatic carbocycles. The molecule has 0 amide bonds. The first-order chi connectivity index (χ1) is 7.75. The molecule has 3 heteroatoms. The third-order valence-electron chi connectivity index (χ3n) is 2.65. The van der Waals surface area contributed by atoms with Crippen molar-refractivity contribution in [2.75, 3.05) is 19.6 Å². The van der Waals surface area contributed by atoms with E-state index in [1.165, 1.54) is 22.0 Å². The largest absolute Gasteiger partial charge is 0.317 e. The molecule has 0 saturated carbocycles. The van der Waals surface area contributed by atoms with Crippen LogP contribution in [0.25, 0.3) is 0 Å². The summed E-state index contributed by atoms with van der Waals surface area (Å²) in [5.41, 5.74) is 2.71. The molecule has 0 atom stereocenters. The summed E-state index contributed by atoms with van der Waals surface area (Å²) in [7, 11) is 0. The van der Waals surface area contributed by atoms with E-state index >= 15 is 0 Å². The third-order valence-corrected chi connectivity index (χ3v) is 3.51. The van der Waals surface area contributed by atoms with Crippen molar-refractivity contribution in [3.8, 4) is 0 Å². The van der Waals surface area contributed by atoms with Crippen LogP contribution in [0.2, 0.25) is 0 Å². The smallest absolute Gasteiger partial charge is 0.0208 e. The Morgan fingerprint density at radius 2 is 1.94 bits per heavy atom. The number of halogens is 1. The Balaban J connectivity index is 2.24. The van der Waals surface area contributed by atoms with Gasteiger partial charge < -0.3 is 10.6 Å². The van der Waals surface area contributed by atoms with Gasteiger partial charge in [0.1, 0.15) is 0 Å². The van der Waals surface area contributed by atoms with Crippen molar-refractivity contribution in [3.05, 3.63) is 33.8 Å². The van der Waals surface area contributed by atoms with Gasteiger partial charge in [0.05, 0.1) is 0 Å². The van der Waals surface area contributed by atoms with Crippen molar-refractivity contribution in [1.82, 2.24) is 10.6 Å². The Hall–Kier alpha value is -0.380. The summed E-state index contributed by atoms with van der Waals surface area (Å²) in [6.45, 7) is 8.47. The minimum atomic E-state index is 0.956. The minimum absolute atomic E-state index is 0.956. The minimum Gasteiger partial charge on any atom is -0.317 e. The van der Waals surface area contributed by atoms with E-state index < -0.39 is 0 Å². The molecule has 0 radical (unpaired) electrons. The SMILES string of the molecule is CCNCCCNCc1cccc(Br)c1C. The molecule has 2 nitrogen and oxygen atoms in total. The van der Waals surface area contributed by atoms with Crippen molar-refractivity contribution in [2.24, 2.45) is 0 Å². The van der Waals surface area contributed by atoms with Crippen LogP contribution in [0.15, 0.2) is 22.7 Å². The second-order valence-corrected chi connectivity index (χ2v) is 4.76. The monoisotopic (exact) mass is 284 g/mol. The maximum absolute atomic E-state index is 3.55. The van der Waals surface area contributed by atoms with E-state index in [4.69, 9.17) is 0 Å². The topological polar surface area (TPSA) is 24.1 Å². The van der Waals surface area contributed by atoms with Crippen molar-refractivity contribution in [3.63, 3.8) is 0 Å². The van der Waals surface area contributed by atoms with Crippen molar-refractivity contribution in [1.29, 1.82) is 0 Å². The molecular formula is C13H21BrN2. The third kappa shape index (κ3) is 4.64. The van der Waals surface area contributed by atoms with Gasteiger partial charge in [0, 0.05) is 11.0 Å². The molecule has 0 aromatic heterocycles. The fourth-order valence-corrected chi connectivity index (χ4v) is 1.99. The van der Waals surface area contributed by atoms with E-state index in [1.807, 2.05) is 0 Å². The van der Waals surface area contributed by atoms with Crippen LogP contribution in [-0.2, 0) is 6.54 Å². The standard InChI is InChI=1S/C13H21BrN2/c1-3-15-8-5-9-16-10-12-6-4-7-13(14)11(12)2/h4,6-7,15-16H,3,5,8-10H2,1-2H3. The highest BCUT2D eigenvalue weighted by Gasteiger charge is 2.00. The Labute approximate surface area is 107 Å². The lowest BCUT2D eigenvalue weighted by Crippen LogP contribution is -2.21. The fraction of sp³-hybridized carbons (Fsp3) is 0.538. The summed E-state index contributed by atoms with van der Waals surface area (Å²) in [5.74, 6) is 0. The van der Waals surface area contributed by atoms with Crippen molar-refractivity contribution < 1.29 is 0 Å². The number of benzene rings is 1. The Bertz CT molecular complexity index is 313. The van der Waals surface area contributed by atoms with Gasteiger partial charge in [0.15, 0.2) is 0 Å². The maximum Gasteiger partial charge on any atom is 0.0208 e. The van der Waals surface area contributed by atoms with Crippen LogP contribution in [0.3, 0.4) is 0 Å². The molecule has 1 rings (SSSR count). The zero-order valence-corrected chi connectivity index (χ0v) is 11.7. The zero-order chi connectivity index (χ0) is 11.8. The zero-order valence-electron chi connectivity index (χ0n) is 10.1.